The number of nitrogens with one attached hydrogen (secondary N) is 1. The van der Waals surface area contributed by atoms with Crippen LogP contribution < -0.4 is 11.1 Å². The number of thiocarbonyl (C=S) groups is 1. The van der Waals surface area contributed by atoms with Gasteiger partial charge >= 0.3 is 0 Å². The van der Waals surface area contributed by atoms with Gasteiger partial charge in [-0.25, -0.2) is 4.98 Å². The van der Waals surface area contributed by atoms with Gasteiger partial charge in [-0.1, -0.05) is 28.1 Å². The van der Waals surface area contributed by atoms with E-state index in [0.717, 1.165) is 26.7 Å². The highest BCUT2D eigenvalue weighted by atomic mass is 79.9. The molecule has 0 spiro atoms. The summed E-state index contributed by atoms with van der Waals surface area (Å²) in [6.45, 7) is 1.84. The Morgan fingerprint density at radius 2 is 2.29 bits per heavy atom. The molecule has 0 atom stereocenters. The number of aryl methyl sites for hydroxylation is 1. The van der Waals surface area contributed by atoms with Crippen molar-refractivity contribution in [3.05, 3.63) is 34.1 Å². The van der Waals surface area contributed by atoms with Crippen LogP contribution >= 0.6 is 39.7 Å². The summed E-state index contributed by atoms with van der Waals surface area (Å²) >= 11 is 9.71. The molecular formula is C10H9BrN4S2. The van der Waals surface area contributed by atoms with Crippen molar-refractivity contribution in [3.63, 3.8) is 0 Å². The molecule has 1 aromatic carbocycles. The van der Waals surface area contributed by atoms with Gasteiger partial charge in [0.15, 0.2) is 0 Å². The minimum atomic E-state index is 0.348. The normalized spacial score (nSPS) is 10.2. The summed E-state index contributed by atoms with van der Waals surface area (Å²) in [5, 5.41) is 3.88. The van der Waals surface area contributed by atoms with Gasteiger partial charge in [-0.3, -0.25) is 0 Å². The summed E-state index contributed by atoms with van der Waals surface area (Å²) in [5.74, 6) is 0.740. The summed E-state index contributed by atoms with van der Waals surface area (Å²) in [6, 6.07) is 5.67. The molecule has 2 rings (SSSR count). The maximum absolute atomic E-state index is 5.67. The van der Waals surface area contributed by atoms with E-state index in [2.05, 4.69) is 30.6 Å². The van der Waals surface area contributed by atoms with Gasteiger partial charge in [0.2, 0.25) is 5.13 Å². The molecule has 0 unspecified atom stereocenters. The third kappa shape index (κ3) is 2.99. The summed E-state index contributed by atoms with van der Waals surface area (Å²) < 4.78 is 5.05. The van der Waals surface area contributed by atoms with Gasteiger partial charge in [0.25, 0.3) is 0 Å². The first-order valence-corrected chi connectivity index (χ1v) is 6.70. The Morgan fingerprint density at radius 1 is 1.53 bits per heavy atom. The first-order chi connectivity index (χ1) is 8.06. The van der Waals surface area contributed by atoms with E-state index in [-0.39, 0.29) is 0 Å². The highest BCUT2D eigenvalue weighted by molar-refractivity contribution is 9.10. The molecule has 0 aliphatic rings. The van der Waals surface area contributed by atoms with Crippen molar-refractivity contribution in [2.24, 2.45) is 5.73 Å². The van der Waals surface area contributed by atoms with E-state index in [1.165, 1.54) is 11.5 Å². The van der Waals surface area contributed by atoms with Crippen molar-refractivity contribution in [1.29, 1.82) is 0 Å². The van der Waals surface area contributed by atoms with Crippen LogP contribution in [0, 0.1) is 6.92 Å². The molecule has 1 aromatic heterocycles. The Hall–Kier alpha value is -1.05. The summed E-state index contributed by atoms with van der Waals surface area (Å²) in [6.07, 6.45) is 0. The monoisotopic (exact) mass is 328 g/mol. The highest BCUT2D eigenvalue weighted by Crippen LogP contribution is 2.25. The Labute approximate surface area is 117 Å². The van der Waals surface area contributed by atoms with Crippen molar-refractivity contribution in [2.75, 3.05) is 5.32 Å². The molecule has 0 saturated heterocycles. The van der Waals surface area contributed by atoms with E-state index in [1.54, 1.807) is 0 Å². The molecule has 2 aromatic rings. The first kappa shape index (κ1) is 12.4. The molecule has 7 heteroatoms. The molecule has 3 N–H and O–H groups in total. The minimum absolute atomic E-state index is 0.348. The smallest absolute Gasteiger partial charge is 0.207 e. The van der Waals surface area contributed by atoms with Gasteiger partial charge in [-0.05, 0) is 25.1 Å². The number of benzene rings is 1. The molecule has 0 saturated carbocycles. The van der Waals surface area contributed by atoms with Crippen LogP contribution in [0.1, 0.15) is 11.4 Å². The molecule has 4 nitrogen and oxygen atoms in total. The fourth-order valence-electron chi connectivity index (χ4n) is 1.30. The molecule has 1 heterocycles. The number of nitrogens with zero attached hydrogens (tertiary/aromatic N) is 2. The lowest BCUT2D eigenvalue weighted by atomic mass is 10.2. The maximum atomic E-state index is 5.67. The largest absolute Gasteiger partial charge is 0.389 e. The van der Waals surface area contributed by atoms with Crippen molar-refractivity contribution in [1.82, 2.24) is 9.36 Å². The topological polar surface area (TPSA) is 63.8 Å². The molecule has 88 valence electrons. The number of nitrogens with two attached hydrogens (primary N) is 1. The lowest BCUT2D eigenvalue weighted by molar-refractivity contribution is 1.17. The van der Waals surface area contributed by atoms with Gasteiger partial charge in [0.1, 0.15) is 10.8 Å². The van der Waals surface area contributed by atoms with E-state index in [1.807, 2.05) is 25.1 Å². The van der Waals surface area contributed by atoms with Gasteiger partial charge in [-0.15, -0.1) is 0 Å². The predicted molar refractivity (Wildman–Crippen MR) is 78.0 cm³/mol. The SMILES string of the molecule is Cc1nsc(Nc2cc(Br)ccc2C(N)=S)n1. The number of hydrogen-bond donors (Lipinski definition) is 2. The fraction of sp³-hybridized carbons (Fsp3) is 0.100. The molecular weight excluding hydrogens is 320 g/mol. The third-order valence-electron chi connectivity index (χ3n) is 2.02. The van der Waals surface area contributed by atoms with Gasteiger partial charge in [0.05, 0.1) is 5.69 Å². The fourth-order valence-corrected chi connectivity index (χ4v) is 2.42. The molecule has 0 bridgehead atoms. The number of halogens is 1. The zero-order chi connectivity index (χ0) is 12.4. The predicted octanol–water partition coefficient (Wildman–Crippen LogP) is 2.99. The van der Waals surface area contributed by atoms with Crippen LogP contribution in [0.15, 0.2) is 22.7 Å². The van der Waals surface area contributed by atoms with E-state index >= 15 is 0 Å². The average Bonchev–Trinajstić information content (AvgIpc) is 2.63. The van der Waals surface area contributed by atoms with Crippen LogP contribution in [0.4, 0.5) is 10.8 Å². The number of anilines is 2. The van der Waals surface area contributed by atoms with Crippen molar-refractivity contribution in [3.8, 4) is 0 Å². The van der Waals surface area contributed by atoms with Crippen molar-refractivity contribution in [2.45, 2.75) is 6.92 Å². The number of aromatic nitrogens is 2. The lowest BCUT2D eigenvalue weighted by Crippen LogP contribution is -2.11. The Morgan fingerprint density at radius 3 is 2.88 bits per heavy atom. The maximum Gasteiger partial charge on any atom is 0.207 e. The lowest BCUT2D eigenvalue weighted by Gasteiger charge is -2.09. The van der Waals surface area contributed by atoms with Crippen molar-refractivity contribution < 1.29 is 0 Å². The molecule has 0 fully saturated rings. The van der Waals surface area contributed by atoms with E-state index in [0.29, 0.717) is 4.99 Å². The summed E-state index contributed by atoms with van der Waals surface area (Å²) in [5.41, 5.74) is 7.28. The van der Waals surface area contributed by atoms with Crippen LogP contribution in [0.2, 0.25) is 0 Å². The second-order valence-corrected chi connectivity index (χ2v) is 5.43. The summed E-state index contributed by atoms with van der Waals surface area (Å²) in [7, 11) is 0. The zero-order valence-electron chi connectivity index (χ0n) is 8.90. The Balaban J connectivity index is 2.37. The molecule has 0 aliphatic heterocycles. The Bertz CT molecular complexity index is 567. The first-order valence-electron chi connectivity index (χ1n) is 4.73. The molecule has 0 aliphatic carbocycles. The molecule has 0 amide bonds. The third-order valence-corrected chi connectivity index (χ3v) is 3.45. The highest BCUT2D eigenvalue weighted by Gasteiger charge is 2.08. The van der Waals surface area contributed by atoms with Crippen LogP contribution in [-0.2, 0) is 0 Å². The minimum Gasteiger partial charge on any atom is -0.389 e. The van der Waals surface area contributed by atoms with Gasteiger partial charge < -0.3 is 11.1 Å². The second kappa shape index (κ2) is 5.07. The van der Waals surface area contributed by atoms with Crippen LogP contribution in [0.25, 0.3) is 0 Å². The second-order valence-electron chi connectivity index (χ2n) is 3.33. The summed E-state index contributed by atoms with van der Waals surface area (Å²) in [4.78, 5) is 4.58. The molecule has 17 heavy (non-hydrogen) atoms. The Kier molecular flexibility index (Phi) is 3.70. The van der Waals surface area contributed by atoms with Gasteiger partial charge in [-0.2, -0.15) is 4.37 Å². The zero-order valence-corrected chi connectivity index (χ0v) is 12.1. The quantitative estimate of drug-likeness (QED) is 0.848. The standard InChI is InChI=1S/C10H9BrN4S2/c1-5-13-10(17-15-5)14-8-4-6(11)2-3-7(8)9(12)16/h2-4H,1H3,(H2,12,16)(H,13,14,15). The van der Waals surface area contributed by atoms with E-state index in [9.17, 15) is 0 Å². The van der Waals surface area contributed by atoms with Crippen LogP contribution in [0.5, 0.6) is 0 Å². The van der Waals surface area contributed by atoms with E-state index < -0.39 is 0 Å². The van der Waals surface area contributed by atoms with Crippen LogP contribution in [0.3, 0.4) is 0 Å². The van der Waals surface area contributed by atoms with Crippen LogP contribution in [-0.4, -0.2) is 14.3 Å². The van der Waals surface area contributed by atoms with Crippen molar-refractivity contribution >= 4 is 55.5 Å². The molecule has 0 radical (unpaired) electrons. The average molecular weight is 329 g/mol. The van der Waals surface area contributed by atoms with E-state index in [4.69, 9.17) is 18.0 Å². The number of hydrogen-bond acceptors (Lipinski definition) is 5. The van der Waals surface area contributed by atoms with Gasteiger partial charge in [0, 0.05) is 21.6 Å². The number of rotatable bonds is 3.